The van der Waals surface area contributed by atoms with Crippen LogP contribution in [0.15, 0.2) is 24.4 Å². The van der Waals surface area contributed by atoms with Crippen molar-refractivity contribution in [2.24, 2.45) is 0 Å². The van der Waals surface area contributed by atoms with Crippen LogP contribution in [0.2, 0.25) is 0 Å². The van der Waals surface area contributed by atoms with E-state index in [9.17, 15) is 9.59 Å². The van der Waals surface area contributed by atoms with Gasteiger partial charge < -0.3 is 10.6 Å². The van der Waals surface area contributed by atoms with Crippen molar-refractivity contribution in [3.63, 3.8) is 0 Å². The molecule has 6 heteroatoms. The van der Waals surface area contributed by atoms with Crippen LogP contribution in [0.1, 0.15) is 85.3 Å². The lowest BCUT2D eigenvalue weighted by Crippen LogP contribution is -2.37. The Bertz CT molecular complexity index is 751. The molecule has 0 aromatic carbocycles. The molecule has 27 heavy (non-hydrogen) atoms. The number of imidazole rings is 1. The van der Waals surface area contributed by atoms with Gasteiger partial charge in [0.25, 0.3) is 11.8 Å². The quantitative estimate of drug-likeness (QED) is 0.868. The van der Waals surface area contributed by atoms with Crippen LogP contribution in [-0.4, -0.2) is 33.3 Å². The predicted molar refractivity (Wildman–Crippen MR) is 104 cm³/mol. The van der Waals surface area contributed by atoms with Crippen molar-refractivity contribution in [1.82, 2.24) is 20.0 Å². The Kier molecular flexibility index (Phi) is 5.41. The Labute approximate surface area is 159 Å². The molecular weight excluding hydrogens is 340 g/mol. The second-order valence-electron chi connectivity index (χ2n) is 7.86. The molecule has 4 rings (SSSR count). The van der Waals surface area contributed by atoms with Gasteiger partial charge in [-0.3, -0.25) is 14.0 Å². The molecule has 2 aliphatic rings. The molecule has 0 aliphatic heterocycles. The predicted octanol–water partition coefficient (Wildman–Crippen LogP) is 3.46. The van der Waals surface area contributed by atoms with Crippen LogP contribution in [0.3, 0.4) is 0 Å². The number of hydrogen-bond acceptors (Lipinski definition) is 3. The number of amides is 2. The molecule has 0 unspecified atom stereocenters. The molecule has 0 spiro atoms. The molecule has 0 radical (unpaired) electrons. The number of hydrogen-bond donors (Lipinski definition) is 2. The van der Waals surface area contributed by atoms with Crippen molar-refractivity contribution >= 4 is 17.3 Å². The lowest BCUT2D eigenvalue weighted by Gasteiger charge is -2.22. The van der Waals surface area contributed by atoms with E-state index in [2.05, 4.69) is 15.6 Å². The Morgan fingerprint density at radius 3 is 2.07 bits per heavy atom. The summed E-state index contributed by atoms with van der Waals surface area (Å²) >= 11 is 0. The molecule has 2 aromatic rings. The van der Waals surface area contributed by atoms with Crippen molar-refractivity contribution in [2.45, 2.75) is 76.3 Å². The van der Waals surface area contributed by atoms with Gasteiger partial charge in [0.2, 0.25) is 5.82 Å². The molecule has 0 bridgehead atoms. The number of carbonyl (C=O) groups excluding carboxylic acids is 2. The molecule has 2 aliphatic carbocycles. The molecule has 2 N–H and O–H groups in total. The number of rotatable bonds is 4. The van der Waals surface area contributed by atoms with E-state index in [0.717, 1.165) is 51.4 Å². The molecule has 2 fully saturated rings. The van der Waals surface area contributed by atoms with Crippen molar-refractivity contribution in [3.05, 3.63) is 35.9 Å². The number of nitrogens with zero attached hydrogens (tertiary/aromatic N) is 2. The van der Waals surface area contributed by atoms with Crippen molar-refractivity contribution < 1.29 is 9.59 Å². The molecule has 0 atom stereocenters. The summed E-state index contributed by atoms with van der Waals surface area (Å²) in [5.41, 5.74) is 1.02. The standard InChI is InChI=1S/C21H28N4O2/c26-20(22-15-9-3-1-4-10-15)18-17-13-7-8-14-25(17)19(24-18)21(27)23-16-11-5-2-6-12-16/h7-8,13-16H,1-6,9-12H2,(H,22,26)(H,23,27). The van der Waals surface area contributed by atoms with Gasteiger partial charge in [0.05, 0.1) is 5.52 Å². The highest BCUT2D eigenvalue weighted by Crippen LogP contribution is 2.20. The maximum atomic E-state index is 12.8. The third kappa shape index (κ3) is 3.99. The summed E-state index contributed by atoms with van der Waals surface area (Å²) in [6, 6.07) is 6.00. The molecule has 2 amide bonds. The maximum Gasteiger partial charge on any atom is 0.287 e. The molecule has 2 heterocycles. The zero-order chi connectivity index (χ0) is 18.6. The third-order valence-electron chi connectivity index (χ3n) is 5.85. The lowest BCUT2D eigenvalue weighted by molar-refractivity contribution is 0.0916. The summed E-state index contributed by atoms with van der Waals surface area (Å²) in [5.74, 6) is -0.0768. The summed E-state index contributed by atoms with van der Waals surface area (Å²) in [5, 5.41) is 6.22. The summed E-state index contributed by atoms with van der Waals surface area (Å²) in [6.45, 7) is 0. The summed E-state index contributed by atoms with van der Waals surface area (Å²) < 4.78 is 1.73. The average Bonchev–Trinajstić information content (AvgIpc) is 3.09. The molecule has 2 saturated carbocycles. The van der Waals surface area contributed by atoms with Crippen LogP contribution in [0, 0.1) is 0 Å². The van der Waals surface area contributed by atoms with Crippen LogP contribution < -0.4 is 10.6 Å². The third-order valence-corrected chi connectivity index (χ3v) is 5.85. The first-order valence-electron chi connectivity index (χ1n) is 10.3. The SMILES string of the molecule is O=C(NC1CCCCC1)c1nc(C(=O)NC2CCCCC2)n2ccccc12. The van der Waals surface area contributed by atoms with Gasteiger partial charge in [0.1, 0.15) is 0 Å². The van der Waals surface area contributed by atoms with Gasteiger partial charge in [-0.25, -0.2) is 4.98 Å². The van der Waals surface area contributed by atoms with Gasteiger partial charge in [0, 0.05) is 18.3 Å². The van der Waals surface area contributed by atoms with E-state index in [4.69, 9.17) is 0 Å². The van der Waals surface area contributed by atoms with E-state index < -0.39 is 0 Å². The number of aromatic nitrogens is 2. The van der Waals surface area contributed by atoms with Gasteiger partial charge in [-0.05, 0) is 37.8 Å². The van der Waals surface area contributed by atoms with E-state index in [1.54, 1.807) is 10.6 Å². The van der Waals surface area contributed by atoms with Crippen molar-refractivity contribution in [1.29, 1.82) is 0 Å². The zero-order valence-corrected chi connectivity index (χ0v) is 15.7. The smallest absolute Gasteiger partial charge is 0.287 e. The Hall–Kier alpha value is -2.37. The number of pyridine rings is 1. The van der Waals surface area contributed by atoms with Gasteiger partial charge >= 0.3 is 0 Å². The Balaban J connectivity index is 1.56. The minimum atomic E-state index is -0.195. The van der Waals surface area contributed by atoms with E-state index in [1.165, 1.54) is 12.8 Å². The first-order chi connectivity index (χ1) is 13.2. The largest absolute Gasteiger partial charge is 0.348 e. The van der Waals surface area contributed by atoms with Crippen molar-refractivity contribution in [2.75, 3.05) is 0 Å². The molecule has 2 aromatic heterocycles. The zero-order valence-electron chi connectivity index (χ0n) is 15.7. The van der Waals surface area contributed by atoms with Crippen LogP contribution in [0.5, 0.6) is 0 Å². The fourth-order valence-corrected chi connectivity index (χ4v) is 4.36. The first kappa shape index (κ1) is 18.0. The van der Waals surface area contributed by atoms with E-state index in [0.29, 0.717) is 17.0 Å². The van der Waals surface area contributed by atoms with Crippen LogP contribution in [0.4, 0.5) is 0 Å². The average molecular weight is 368 g/mol. The minimum Gasteiger partial charge on any atom is -0.348 e. The molecule has 6 nitrogen and oxygen atoms in total. The fourth-order valence-electron chi connectivity index (χ4n) is 4.36. The van der Waals surface area contributed by atoms with Gasteiger partial charge in [-0.2, -0.15) is 0 Å². The van der Waals surface area contributed by atoms with E-state index in [-0.39, 0.29) is 23.9 Å². The monoisotopic (exact) mass is 368 g/mol. The number of carbonyl (C=O) groups is 2. The second-order valence-corrected chi connectivity index (χ2v) is 7.86. The first-order valence-corrected chi connectivity index (χ1v) is 10.3. The normalized spacial score (nSPS) is 19.1. The molecule has 144 valence electrons. The number of nitrogens with one attached hydrogen (secondary N) is 2. The van der Waals surface area contributed by atoms with Gasteiger partial charge in [-0.15, -0.1) is 0 Å². The lowest BCUT2D eigenvalue weighted by atomic mass is 9.95. The minimum absolute atomic E-state index is 0.178. The topological polar surface area (TPSA) is 75.5 Å². The highest BCUT2D eigenvalue weighted by molar-refractivity contribution is 6.02. The highest BCUT2D eigenvalue weighted by atomic mass is 16.2. The van der Waals surface area contributed by atoms with E-state index in [1.807, 2.05) is 18.2 Å². The number of fused-ring (bicyclic) bond motifs is 1. The highest BCUT2D eigenvalue weighted by Gasteiger charge is 2.25. The summed E-state index contributed by atoms with van der Waals surface area (Å²) in [6.07, 6.45) is 13.0. The Morgan fingerprint density at radius 1 is 0.852 bits per heavy atom. The van der Waals surface area contributed by atoms with Crippen LogP contribution >= 0.6 is 0 Å². The maximum absolute atomic E-state index is 12.8. The Morgan fingerprint density at radius 2 is 1.44 bits per heavy atom. The summed E-state index contributed by atoms with van der Waals surface area (Å²) in [4.78, 5) is 30.1. The van der Waals surface area contributed by atoms with Crippen LogP contribution in [-0.2, 0) is 0 Å². The molecular formula is C21H28N4O2. The van der Waals surface area contributed by atoms with Crippen molar-refractivity contribution in [3.8, 4) is 0 Å². The second kappa shape index (κ2) is 8.11. The van der Waals surface area contributed by atoms with Crippen LogP contribution in [0.25, 0.3) is 5.52 Å². The van der Waals surface area contributed by atoms with Gasteiger partial charge in [-0.1, -0.05) is 44.6 Å². The van der Waals surface area contributed by atoms with Gasteiger partial charge in [0.15, 0.2) is 5.69 Å². The molecule has 0 saturated heterocycles. The fraction of sp³-hybridized carbons (Fsp3) is 0.571. The summed E-state index contributed by atoms with van der Waals surface area (Å²) in [7, 11) is 0. The van der Waals surface area contributed by atoms with E-state index >= 15 is 0 Å².